The number of unbranched alkanes of at least 4 members (excludes halogenated alkanes) is 1. The van der Waals surface area contributed by atoms with Gasteiger partial charge in [0.2, 0.25) is 11.8 Å². The topological polar surface area (TPSA) is 114 Å². The number of thioether (sulfide) groups is 1. The molecule has 9 nitrogen and oxygen atoms in total. The van der Waals surface area contributed by atoms with E-state index < -0.39 is 35.7 Å². The van der Waals surface area contributed by atoms with Crippen molar-refractivity contribution in [1.29, 1.82) is 0 Å². The minimum absolute atomic E-state index is 0.0124. The number of hydrogen-bond donors (Lipinski definition) is 2. The second kappa shape index (κ2) is 17.6. The lowest BCUT2D eigenvalue weighted by Crippen LogP contribution is -2.53. The molecule has 1 aromatic rings. The van der Waals surface area contributed by atoms with Gasteiger partial charge < -0.3 is 25.0 Å². The quantitative estimate of drug-likeness (QED) is 0.280. The summed E-state index contributed by atoms with van der Waals surface area (Å²) in [6.07, 6.45) is 4.72. The van der Waals surface area contributed by atoms with Gasteiger partial charge >= 0.3 is 12.1 Å². The number of rotatable bonds is 16. The molecule has 0 saturated carbocycles. The molecule has 218 valence electrons. The Hall–Kier alpha value is -3.01. The van der Waals surface area contributed by atoms with Crippen LogP contribution >= 0.6 is 11.8 Å². The van der Waals surface area contributed by atoms with Crippen LogP contribution in [0.3, 0.4) is 0 Å². The Balaban J connectivity index is 3.42. The Bertz CT molecular complexity index is 963. The number of esters is 1. The van der Waals surface area contributed by atoms with Crippen LogP contribution in [0.2, 0.25) is 0 Å². The predicted molar refractivity (Wildman–Crippen MR) is 156 cm³/mol. The Kier molecular flexibility index (Phi) is 15.3. The number of benzene rings is 1. The third-order valence-electron chi connectivity index (χ3n) is 5.59. The molecule has 0 aliphatic heterocycles. The average molecular weight is 564 g/mol. The smallest absolute Gasteiger partial charge is 0.408 e. The summed E-state index contributed by atoms with van der Waals surface area (Å²) in [5, 5.41) is 5.53. The van der Waals surface area contributed by atoms with Gasteiger partial charge in [0.1, 0.15) is 17.7 Å². The minimum atomic E-state index is -0.983. The monoisotopic (exact) mass is 563 g/mol. The van der Waals surface area contributed by atoms with E-state index in [1.807, 2.05) is 25.3 Å². The fraction of sp³-hybridized carbons (Fsp3) is 0.586. The van der Waals surface area contributed by atoms with Crippen molar-refractivity contribution in [2.45, 2.75) is 78.0 Å². The lowest BCUT2D eigenvalue weighted by molar-refractivity contribution is -0.144. The van der Waals surface area contributed by atoms with Gasteiger partial charge in [-0.3, -0.25) is 14.4 Å². The van der Waals surface area contributed by atoms with Gasteiger partial charge in [0.25, 0.3) is 0 Å². The summed E-state index contributed by atoms with van der Waals surface area (Å²) in [4.78, 5) is 53.7. The Labute approximate surface area is 237 Å². The van der Waals surface area contributed by atoms with E-state index in [9.17, 15) is 19.2 Å². The van der Waals surface area contributed by atoms with Crippen LogP contribution in [-0.4, -0.2) is 72.1 Å². The zero-order valence-electron chi connectivity index (χ0n) is 24.2. The van der Waals surface area contributed by atoms with Gasteiger partial charge in [-0.25, -0.2) is 4.79 Å². The van der Waals surface area contributed by atoms with Crippen molar-refractivity contribution >= 4 is 41.7 Å². The maximum absolute atomic E-state index is 14.1. The second-order valence-electron chi connectivity index (χ2n) is 9.99. The molecule has 0 radical (unpaired) electrons. The predicted octanol–water partition coefficient (Wildman–Crippen LogP) is 4.72. The molecule has 10 heteroatoms. The van der Waals surface area contributed by atoms with E-state index >= 15 is 0 Å². The summed E-state index contributed by atoms with van der Waals surface area (Å²) in [6, 6.07) is 5.39. The van der Waals surface area contributed by atoms with E-state index in [1.165, 1.54) is 4.90 Å². The highest BCUT2D eigenvalue weighted by Crippen LogP contribution is 2.25. The van der Waals surface area contributed by atoms with E-state index in [1.54, 1.807) is 57.7 Å². The molecule has 0 heterocycles. The van der Waals surface area contributed by atoms with Crippen molar-refractivity contribution in [3.63, 3.8) is 0 Å². The number of nitrogens with one attached hydrogen (secondary N) is 2. The fourth-order valence-corrected chi connectivity index (χ4v) is 4.26. The maximum Gasteiger partial charge on any atom is 0.408 e. The molecule has 0 aromatic heterocycles. The molecule has 0 saturated heterocycles. The summed E-state index contributed by atoms with van der Waals surface area (Å²) in [5.41, 5.74) is 0.669. The molecule has 0 aliphatic rings. The number of nitrogens with zero attached hydrogens (tertiary/aromatic N) is 1. The molecule has 0 bridgehead atoms. The Morgan fingerprint density at radius 2 is 1.90 bits per heavy atom. The zero-order valence-corrected chi connectivity index (χ0v) is 25.0. The molecule has 0 fully saturated rings. The van der Waals surface area contributed by atoms with Crippen LogP contribution < -0.4 is 10.6 Å². The number of carbonyl (C=O) groups is 4. The van der Waals surface area contributed by atoms with Crippen molar-refractivity contribution < 1.29 is 28.7 Å². The Morgan fingerprint density at radius 1 is 1.18 bits per heavy atom. The molecular formula is C29H45N3O6S. The number of carbonyl (C=O) groups excluding carboxylic acids is 4. The van der Waals surface area contributed by atoms with Gasteiger partial charge in [0.15, 0.2) is 0 Å². The van der Waals surface area contributed by atoms with E-state index in [-0.39, 0.29) is 25.5 Å². The molecule has 2 atom stereocenters. The van der Waals surface area contributed by atoms with Crippen LogP contribution in [0.1, 0.15) is 77.5 Å². The molecular weight excluding hydrogens is 518 g/mol. The number of hydrogen-bond acceptors (Lipinski definition) is 7. The van der Waals surface area contributed by atoms with E-state index in [0.29, 0.717) is 30.7 Å². The fourth-order valence-electron chi connectivity index (χ4n) is 3.78. The van der Waals surface area contributed by atoms with E-state index in [4.69, 9.17) is 9.47 Å². The van der Waals surface area contributed by atoms with Crippen molar-refractivity contribution in [3.05, 3.63) is 42.0 Å². The average Bonchev–Trinajstić information content (AvgIpc) is 2.87. The van der Waals surface area contributed by atoms with E-state index in [2.05, 4.69) is 17.2 Å². The summed E-state index contributed by atoms with van der Waals surface area (Å²) in [7, 11) is 0. The molecule has 39 heavy (non-hydrogen) atoms. The van der Waals surface area contributed by atoms with Crippen molar-refractivity contribution in [1.82, 2.24) is 15.5 Å². The third kappa shape index (κ3) is 12.6. The molecule has 2 unspecified atom stereocenters. The molecule has 0 spiro atoms. The highest BCUT2D eigenvalue weighted by Gasteiger charge is 2.36. The van der Waals surface area contributed by atoms with Crippen LogP contribution in [0.25, 0.3) is 6.08 Å². The SMILES string of the molecule is C=Cc1cccc(C(C(=O)NCCC(=O)OCC)N(CCCC)C(=O)C(CCSC)NC(=O)OC(C)(C)C)c1. The normalized spacial score (nSPS) is 12.6. The van der Waals surface area contributed by atoms with Gasteiger partial charge in [-0.1, -0.05) is 44.2 Å². The number of ether oxygens (including phenoxy) is 2. The van der Waals surface area contributed by atoms with Crippen molar-refractivity contribution in [2.24, 2.45) is 0 Å². The molecule has 3 amide bonds. The van der Waals surface area contributed by atoms with Crippen LogP contribution in [0.15, 0.2) is 30.8 Å². The van der Waals surface area contributed by atoms with Crippen LogP contribution in [0.5, 0.6) is 0 Å². The first-order chi connectivity index (χ1) is 18.5. The first-order valence-electron chi connectivity index (χ1n) is 13.4. The summed E-state index contributed by atoms with van der Waals surface area (Å²) in [5.74, 6) is -0.597. The number of amides is 3. The van der Waals surface area contributed by atoms with Gasteiger partial charge in [0.05, 0.1) is 13.0 Å². The number of alkyl carbamates (subject to hydrolysis) is 1. The second-order valence-corrected chi connectivity index (χ2v) is 11.0. The Morgan fingerprint density at radius 3 is 2.49 bits per heavy atom. The lowest BCUT2D eigenvalue weighted by atomic mass is 9.99. The molecule has 2 N–H and O–H groups in total. The van der Waals surface area contributed by atoms with Gasteiger partial charge in [-0.15, -0.1) is 0 Å². The van der Waals surface area contributed by atoms with Crippen LogP contribution in [0, 0.1) is 0 Å². The highest BCUT2D eigenvalue weighted by molar-refractivity contribution is 7.98. The third-order valence-corrected chi connectivity index (χ3v) is 6.24. The maximum atomic E-state index is 14.1. The standard InChI is InChI=1S/C29H45N3O6S/c1-8-11-18-32(27(35)23(16-19-39-7)31-28(36)38-29(4,5)6)25(22-14-12-13-21(9-2)20-22)26(34)30-17-15-24(33)37-10-3/h9,12-14,20,23,25H,2,8,10-11,15-19H2,1,3-7H3,(H,30,34)(H,31,36). The largest absolute Gasteiger partial charge is 0.466 e. The van der Waals surface area contributed by atoms with E-state index in [0.717, 1.165) is 12.0 Å². The van der Waals surface area contributed by atoms with Crippen molar-refractivity contribution in [2.75, 3.05) is 31.7 Å². The summed E-state index contributed by atoms with van der Waals surface area (Å²) >= 11 is 1.55. The molecule has 1 rings (SSSR count). The lowest BCUT2D eigenvalue weighted by Gasteiger charge is -2.34. The molecule has 1 aromatic carbocycles. The minimum Gasteiger partial charge on any atom is -0.466 e. The van der Waals surface area contributed by atoms with Gasteiger partial charge in [-0.05, 0) is 69.7 Å². The molecule has 0 aliphatic carbocycles. The van der Waals surface area contributed by atoms with Crippen LogP contribution in [-0.2, 0) is 23.9 Å². The van der Waals surface area contributed by atoms with Gasteiger partial charge in [0, 0.05) is 13.1 Å². The first-order valence-corrected chi connectivity index (χ1v) is 14.8. The first kappa shape index (κ1) is 34.0. The van der Waals surface area contributed by atoms with Gasteiger partial charge in [-0.2, -0.15) is 11.8 Å². The highest BCUT2D eigenvalue weighted by atomic mass is 32.2. The summed E-state index contributed by atoms with van der Waals surface area (Å²) in [6.45, 7) is 13.4. The van der Waals surface area contributed by atoms with Crippen molar-refractivity contribution in [3.8, 4) is 0 Å². The van der Waals surface area contributed by atoms with Crippen LogP contribution in [0.4, 0.5) is 4.79 Å². The summed E-state index contributed by atoms with van der Waals surface area (Å²) < 4.78 is 10.4. The zero-order chi connectivity index (χ0) is 29.4.